The third-order valence-electron chi connectivity index (χ3n) is 2.63. The molecule has 1 aromatic carbocycles. The van der Waals surface area contributed by atoms with Crippen molar-refractivity contribution in [3.63, 3.8) is 0 Å². The Balaban J connectivity index is 1.99. The van der Waals surface area contributed by atoms with Gasteiger partial charge in [-0.25, -0.2) is 9.78 Å². The highest BCUT2D eigenvalue weighted by molar-refractivity contribution is 7.18. The van der Waals surface area contributed by atoms with Crippen molar-refractivity contribution < 1.29 is 19.1 Å². The summed E-state index contributed by atoms with van der Waals surface area (Å²) in [6.45, 7) is 5.18. The highest BCUT2D eigenvalue weighted by atomic mass is 35.5. The van der Waals surface area contributed by atoms with E-state index in [1.54, 1.807) is 39.0 Å². The molecule has 0 aliphatic rings. The number of Topliss-reactive ketones (excluding diaryl/α,β-unsaturated/α-hetero) is 1. The quantitative estimate of drug-likeness (QED) is 0.617. The first-order chi connectivity index (χ1) is 11.6. The Hall–Kier alpha value is -2.45. The minimum Gasteiger partial charge on any atom is -0.444 e. The molecule has 2 N–H and O–H groups in total. The Kier molecular flexibility index (Phi) is 5.76. The first-order valence-electron chi connectivity index (χ1n) is 7.21. The van der Waals surface area contributed by atoms with Crippen LogP contribution in [0.5, 0.6) is 0 Å². The molecule has 0 atom stereocenters. The minimum atomic E-state index is -0.824. The van der Waals surface area contributed by atoms with Gasteiger partial charge in [-0.15, -0.1) is 0 Å². The monoisotopic (exact) mass is 381 g/mol. The Bertz CT molecular complexity index is 814. The average molecular weight is 382 g/mol. The van der Waals surface area contributed by atoms with Gasteiger partial charge in [0.05, 0.1) is 6.20 Å². The normalized spacial score (nSPS) is 10.9. The fourth-order valence-electron chi connectivity index (χ4n) is 1.69. The molecular formula is C16H16ClN3O4S. The van der Waals surface area contributed by atoms with Gasteiger partial charge in [0.25, 0.3) is 11.7 Å². The van der Waals surface area contributed by atoms with Gasteiger partial charge in [0.2, 0.25) is 0 Å². The molecule has 1 heterocycles. The summed E-state index contributed by atoms with van der Waals surface area (Å²) in [6.07, 6.45) is 0.529. The van der Waals surface area contributed by atoms with Crippen LogP contribution >= 0.6 is 22.9 Å². The zero-order valence-electron chi connectivity index (χ0n) is 13.8. The van der Waals surface area contributed by atoms with Gasteiger partial charge in [0.15, 0.2) is 5.13 Å². The number of carbonyl (C=O) groups excluding carboxylic acids is 3. The summed E-state index contributed by atoms with van der Waals surface area (Å²) >= 11 is 6.70. The van der Waals surface area contributed by atoms with Crippen LogP contribution in [-0.2, 0) is 9.53 Å². The third-order valence-corrected chi connectivity index (χ3v) is 3.77. The van der Waals surface area contributed by atoms with Crippen molar-refractivity contribution in [3.8, 4) is 0 Å². The van der Waals surface area contributed by atoms with Gasteiger partial charge in [-0.3, -0.25) is 14.9 Å². The molecule has 2 aromatic rings. The van der Waals surface area contributed by atoms with Gasteiger partial charge in [-0.2, -0.15) is 0 Å². The fraction of sp³-hybridized carbons (Fsp3) is 0.250. The maximum Gasteiger partial charge on any atom is 0.413 e. The van der Waals surface area contributed by atoms with E-state index >= 15 is 0 Å². The van der Waals surface area contributed by atoms with Crippen molar-refractivity contribution in [1.29, 1.82) is 0 Å². The van der Waals surface area contributed by atoms with Crippen LogP contribution in [-0.4, -0.2) is 28.4 Å². The van der Waals surface area contributed by atoms with E-state index in [0.717, 1.165) is 11.3 Å². The number of ether oxygens (including phenoxy) is 1. The zero-order chi connectivity index (χ0) is 18.6. The third kappa shape index (κ3) is 5.84. The zero-order valence-corrected chi connectivity index (χ0v) is 15.3. The molecule has 0 fully saturated rings. The number of carbonyl (C=O) groups is 3. The second kappa shape index (κ2) is 7.62. The average Bonchev–Trinajstić information content (AvgIpc) is 2.92. The fourth-order valence-corrected chi connectivity index (χ4v) is 2.62. The SMILES string of the molecule is CC(C)(C)OC(=O)Nc1ncc(C(=O)C(=O)Nc2cccc(Cl)c2)s1. The first kappa shape index (κ1) is 18.9. The first-order valence-corrected chi connectivity index (χ1v) is 8.40. The number of halogens is 1. The summed E-state index contributed by atoms with van der Waals surface area (Å²) in [4.78, 5) is 39.8. The van der Waals surface area contributed by atoms with Crippen molar-refractivity contribution in [1.82, 2.24) is 4.98 Å². The molecule has 0 saturated carbocycles. The summed E-state index contributed by atoms with van der Waals surface area (Å²) in [7, 11) is 0. The van der Waals surface area contributed by atoms with Crippen molar-refractivity contribution in [2.24, 2.45) is 0 Å². The van der Waals surface area contributed by atoms with Crippen LogP contribution in [0, 0.1) is 0 Å². The number of ketones is 1. The van der Waals surface area contributed by atoms with E-state index in [1.165, 1.54) is 12.3 Å². The molecule has 132 valence electrons. The maximum atomic E-state index is 12.1. The standard InChI is InChI=1S/C16H16ClN3O4S/c1-16(2,3)24-15(23)20-14-18-8-11(25-14)12(21)13(22)19-10-6-4-5-9(17)7-10/h4-8H,1-3H3,(H,19,22)(H,18,20,23). The summed E-state index contributed by atoms with van der Waals surface area (Å²) in [5.41, 5.74) is -0.251. The number of hydrogen-bond donors (Lipinski definition) is 2. The van der Waals surface area contributed by atoms with Crippen molar-refractivity contribution >= 4 is 51.5 Å². The van der Waals surface area contributed by atoms with Crippen LogP contribution in [0.2, 0.25) is 5.02 Å². The number of hydrogen-bond acceptors (Lipinski definition) is 6. The minimum absolute atomic E-state index is 0.0885. The number of rotatable bonds is 4. The van der Waals surface area contributed by atoms with E-state index in [1.807, 2.05) is 0 Å². The molecule has 0 aliphatic carbocycles. The van der Waals surface area contributed by atoms with Crippen LogP contribution in [0.15, 0.2) is 30.5 Å². The lowest BCUT2D eigenvalue weighted by atomic mass is 10.2. The van der Waals surface area contributed by atoms with Crippen LogP contribution in [0.4, 0.5) is 15.6 Å². The van der Waals surface area contributed by atoms with E-state index < -0.39 is 23.4 Å². The second-order valence-electron chi connectivity index (χ2n) is 5.95. The van der Waals surface area contributed by atoms with Gasteiger partial charge in [0, 0.05) is 10.7 Å². The number of nitrogens with zero attached hydrogens (tertiary/aromatic N) is 1. The lowest BCUT2D eigenvalue weighted by Gasteiger charge is -2.18. The topological polar surface area (TPSA) is 97.4 Å². The number of anilines is 2. The molecule has 0 radical (unpaired) electrons. The van der Waals surface area contributed by atoms with Gasteiger partial charge >= 0.3 is 6.09 Å². The van der Waals surface area contributed by atoms with E-state index in [-0.39, 0.29) is 10.0 Å². The summed E-state index contributed by atoms with van der Waals surface area (Å²) < 4.78 is 5.09. The van der Waals surface area contributed by atoms with Crippen LogP contribution < -0.4 is 10.6 Å². The molecule has 25 heavy (non-hydrogen) atoms. The van der Waals surface area contributed by atoms with Crippen molar-refractivity contribution in [2.45, 2.75) is 26.4 Å². The second-order valence-corrected chi connectivity index (χ2v) is 7.42. The number of nitrogens with one attached hydrogen (secondary N) is 2. The molecule has 0 saturated heterocycles. The molecule has 0 spiro atoms. The van der Waals surface area contributed by atoms with Crippen LogP contribution in [0.3, 0.4) is 0 Å². The number of amides is 2. The highest BCUT2D eigenvalue weighted by Crippen LogP contribution is 2.21. The Morgan fingerprint density at radius 1 is 1.20 bits per heavy atom. The Labute approximate surface area is 153 Å². The molecule has 7 nitrogen and oxygen atoms in total. The van der Waals surface area contributed by atoms with Gasteiger partial charge in [0.1, 0.15) is 10.5 Å². The predicted octanol–water partition coefficient (Wildman–Crippen LogP) is 3.96. The van der Waals surface area contributed by atoms with Gasteiger partial charge in [-0.1, -0.05) is 29.0 Å². The van der Waals surface area contributed by atoms with E-state index in [9.17, 15) is 14.4 Å². The summed E-state index contributed by atoms with van der Waals surface area (Å²) in [5.74, 6) is -1.59. The number of thiazole rings is 1. The molecule has 0 unspecified atom stereocenters. The largest absolute Gasteiger partial charge is 0.444 e. The van der Waals surface area contributed by atoms with Crippen molar-refractivity contribution in [2.75, 3.05) is 10.6 Å². The molecule has 0 bridgehead atoms. The van der Waals surface area contributed by atoms with E-state index in [0.29, 0.717) is 10.7 Å². The lowest BCUT2D eigenvalue weighted by Crippen LogP contribution is -2.27. The van der Waals surface area contributed by atoms with E-state index in [4.69, 9.17) is 16.3 Å². The molecule has 2 amide bonds. The maximum absolute atomic E-state index is 12.1. The molecular weight excluding hydrogens is 366 g/mol. The molecule has 1 aromatic heterocycles. The summed E-state index contributed by atoms with van der Waals surface area (Å²) in [5, 5.41) is 5.47. The molecule has 9 heteroatoms. The molecule has 2 rings (SSSR count). The molecule has 0 aliphatic heterocycles. The lowest BCUT2D eigenvalue weighted by molar-refractivity contribution is -0.112. The highest BCUT2D eigenvalue weighted by Gasteiger charge is 2.21. The van der Waals surface area contributed by atoms with Gasteiger partial charge < -0.3 is 10.1 Å². The Morgan fingerprint density at radius 3 is 2.56 bits per heavy atom. The number of benzene rings is 1. The van der Waals surface area contributed by atoms with Gasteiger partial charge in [-0.05, 0) is 39.0 Å². The Morgan fingerprint density at radius 2 is 1.92 bits per heavy atom. The van der Waals surface area contributed by atoms with Crippen molar-refractivity contribution in [3.05, 3.63) is 40.4 Å². The van der Waals surface area contributed by atoms with Crippen LogP contribution in [0.25, 0.3) is 0 Å². The van der Waals surface area contributed by atoms with E-state index in [2.05, 4.69) is 15.6 Å². The summed E-state index contributed by atoms with van der Waals surface area (Å²) in [6, 6.07) is 6.43. The van der Waals surface area contributed by atoms with Crippen LogP contribution in [0.1, 0.15) is 30.4 Å². The number of aromatic nitrogens is 1. The predicted molar refractivity (Wildman–Crippen MR) is 96.4 cm³/mol. The smallest absolute Gasteiger partial charge is 0.413 e.